The molecular weight excluding hydrogens is 315 g/mol. The molecule has 0 aromatic carbocycles. The highest BCUT2D eigenvalue weighted by molar-refractivity contribution is 4.90. The van der Waals surface area contributed by atoms with Gasteiger partial charge >= 0.3 is 6.18 Å². The van der Waals surface area contributed by atoms with Crippen LogP contribution < -0.4 is 0 Å². The third kappa shape index (κ3) is 5.33. The maximum atomic E-state index is 13.1. The second-order valence-corrected chi connectivity index (χ2v) is 8.47. The molecule has 0 radical (unpaired) electrons. The predicted octanol–water partition coefficient (Wildman–Crippen LogP) is 3.31. The van der Waals surface area contributed by atoms with E-state index in [1.165, 1.54) is 0 Å². The summed E-state index contributed by atoms with van der Waals surface area (Å²) in [5.41, 5.74) is -0.681. The average Bonchev–Trinajstić information content (AvgIpc) is 2.45. The number of hydrogen-bond acceptors (Lipinski definition) is 3. The lowest BCUT2D eigenvalue weighted by molar-refractivity contribution is -0.216. The highest BCUT2D eigenvalue weighted by Crippen LogP contribution is 2.44. The SMILES string of the molecule is CC(C)N1CCN(CCCN2CCC(C(F)(F)F)C(C)(C)C2)CC1. The number of alkyl halides is 3. The van der Waals surface area contributed by atoms with Crippen LogP contribution in [-0.2, 0) is 0 Å². The third-order valence-electron chi connectivity index (χ3n) is 5.79. The molecule has 3 nitrogen and oxygen atoms in total. The second-order valence-electron chi connectivity index (χ2n) is 8.47. The Morgan fingerprint density at radius 3 is 2.04 bits per heavy atom. The van der Waals surface area contributed by atoms with Gasteiger partial charge in [0.05, 0.1) is 5.92 Å². The van der Waals surface area contributed by atoms with Crippen molar-refractivity contribution < 1.29 is 13.2 Å². The van der Waals surface area contributed by atoms with Crippen LogP contribution in [0, 0.1) is 11.3 Å². The summed E-state index contributed by atoms with van der Waals surface area (Å²) >= 11 is 0. The van der Waals surface area contributed by atoms with Gasteiger partial charge in [0.1, 0.15) is 0 Å². The van der Waals surface area contributed by atoms with Crippen molar-refractivity contribution in [3.8, 4) is 0 Å². The van der Waals surface area contributed by atoms with E-state index in [1.54, 1.807) is 13.8 Å². The molecule has 0 amide bonds. The van der Waals surface area contributed by atoms with Crippen molar-refractivity contribution >= 4 is 0 Å². The number of rotatable bonds is 5. The van der Waals surface area contributed by atoms with Gasteiger partial charge in [-0.05, 0) is 51.7 Å². The zero-order valence-corrected chi connectivity index (χ0v) is 15.7. The number of nitrogens with zero attached hydrogens (tertiary/aromatic N) is 3. The van der Waals surface area contributed by atoms with Gasteiger partial charge in [-0.2, -0.15) is 13.2 Å². The fourth-order valence-corrected chi connectivity index (χ4v) is 4.29. The number of piperidine rings is 1. The molecule has 2 fully saturated rings. The van der Waals surface area contributed by atoms with Gasteiger partial charge in [0, 0.05) is 38.8 Å². The summed E-state index contributed by atoms with van der Waals surface area (Å²) in [6.07, 6.45) is -2.77. The molecule has 0 bridgehead atoms. The first-order valence-electron chi connectivity index (χ1n) is 9.35. The molecule has 1 atom stereocenters. The highest BCUT2D eigenvalue weighted by atomic mass is 19.4. The Morgan fingerprint density at radius 2 is 1.54 bits per heavy atom. The Kier molecular flexibility index (Phi) is 6.59. The monoisotopic (exact) mass is 349 g/mol. The quantitative estimate of drug-likeness (QED) is 0.754. The van der Waals surface area contributed by atoms with Crippen molar-refractivity contribution in [2.24, 2.45) is 11.3 Å². The zero-order chi connectivity index (χ0) is 18.0. The van der Waals surface area contributed by atoms with Gasteiger partial charge < -0.3 is 9.80 Å². The minimum Gasteiger partial charge on any atom is -0.303 e. The van der Waals surface area contributed by atoms with Crippen molar-refractivity contribution in [1.82, 2.24) is 14.7 Å². The molecule has 1 unspecified atom stereocenters. The second kappa shape index (κ2) is 7.92. The summed E-state index contributed by atoms with van der Waals surface area (Å²) in [5, 5.41) is 0. The summed E-state index contributed by atoms with van der Waals surface area (Å²) in [4.78, 5) is 7.22. The first-order valence-corrected chi connectivity index (χ1v) is 9.35. The van der Waals surface area contributed by atoms with Crippen LogP contribution in [0.5, 0.6) is 0 Å². The standard InChI is InChI=1S/C18H34F3N3/c1-15(2)24-12-10-22(11-13-24)7-5-8-23-9-6-16(18(19,20)21)17(3,4)14-23/h15-16H,5-14H2,1-4H3. The lowest BCUT2D eigenvalue weighted by atomic mass is 9.73. The Labute approximate surface area is 145 Å². The molecule has 0 aromatic heterocycles. The van der Waals surface area contributed by atoms with Crippen molar-refractivity contribution in [1.29, 1.82) is 0 Å². The van der Waals surface area contributed by atoms with Crippen molar-refractivity contribution in [3.63, 3.8) is 0 Å². The molecule has 0 aromatic rings. The number of likely N-dealkylation sites (tertiary alicyclic amines) is 1. The Morgan fingerprint density at radius 1 is 0.958 bits per heavy atom. The van der Waals surface area contributed by atoms with E-state index >= 15 is 0 Å². The molecule has 2 aliphatic rings. The molecule has 0 spiro atoms. The maximum absolute atomic E-state index is 13.1. The van der Waals surface area contributed by atoms with Crippen molar-refractivity contribution in [2.75, 3.05) is 52.4 Å². The van der Waals surface area contributed by atoms with Crippen LogP contribution in [-0.4, -0.2) is 79.3 Å². The Balaban J connectivity index is 1.69. The van der Waals surface area contributed by atoms with Gasteiger partial charge in [0.25, 0.3) is 0 Å². The molecule has 0 N–H and O–H groups in total. The number of halogens is 3. The van der Waals surface area contributed by atoms with Crippen molar-refractivity contribution in [2.45, 2.75) is 52.8 Å². The summed E-state index contributed by atoms with van der Waals surface area (Å²) in [6, 6.07) is 0.615. The Hall–Kier alpha value is -0.330. The average molecular weight is 349 g/mol. The van der Waals surface area contributed by atoms with Crippen LogP contribution in [0.3, 0.4) is 0 Å². The lowest BCUT2D eigenvalue weighted by Crippen LogP contribution is -2.51. The first kappa shape index (κ1) is 20.0. The third-order valence-corrected chi connectivity index (χ3v) is 5.79. The molecule has 6 heteroatoms. The van der Waals surface area contributed by atoms with Crippen molar-refractivity contribution in [3.05, 3.63) is 0 Å². The van der Waals surface area contributed by atoms with E-state index in [9.17, 15) is 13.2 Å². The molecule has 0 saturated carbocycles. The molecular formula is C18H34F3N3. The van der Waals surface area contributed by atoms with E-state index in [0.717, 1.165) is 45.7 Å². The minimum absolute atomic E-state index is 0.240. The topological polar surface area (TPSA) is 9.72 Å². The molecule has 2 saturated heterocycles. The summed E-state index contributed by atoms with van der Waals surface area (Å²) in [7, 11) is 0. The lowest BCUT2D eigenvalue weighted by Gasteiger charge is -2.45. The van der Waals surface area contributed by atoms with Gasteiger partial charge in [-0.25, -0.2) is 0 Å². The largest absolute Gasteiger partial charge is 0.392 e. The number of hydrogen-bond donors (Lipinski definition) is 0. The van der Waals surface area contributed by atoms with E-state index in [4.69, 9.17) is 0 Å². The predicted molar refractivity (Wildman–Crippen MR) is 92.1 cm³/mol. The van der Waals surface area contributed by atoms with Gasteiger partial charge in [-0.1, -0.05) is 13.8 Å². The zero-order valence-electron chi connectivity index (χ0n) is 15.7. The van der Waals surface area contributed by atoms with E-state index in [-0.39, 0.29) is 6.42 Å². The van der Waals surface area contributed by atoms with Gasteiger partial charge in [0.15, 0.2) is 0 Å². The highest BCUT2D eigenvalue weighted by Gasteiger charge is 2.50. The molecule has 2 aliphatic heterocycles. The van der Waals surface area contributed by atoms with Crippen LogP contribution >= 0.6 is 0 Å². The van der Waals surface area contributed by atoms with Crippen LogP contribution in [0.4, 0.5) is 13.2 Å². The Bertz CT molecular complexity index is 387. The van der Waals surface area contributed by atoms with Crippen LogP contribution in [0.25, 0.3) is 0 Å². The molecule has 24 heavy (non-hydrogen) atoms. The molecule has 2 heterocycles. The van der Waals surface area contributed by atoms with E-state index in [2.05, 4.69) is 28.5 Å². The fourth-order valence-electron chi connectivity index (χ4n) is 4.29. The normalized spacial score (nSPS) is 27.8. The van der Waals surface area contributed by atoms with Crippen LogP contribution in [0.15, 0.2) is 0 Å². The number of piperazine rings is 1. The fraction of sp³-hybridized carbons (Fsp3) is 1.00. The maximum Gasteiger partial charge on any atom is 0.392 e. The summed E-state index contributed by atoms with van der Waals surface area (Å²) in [6.45, 7) is 15.6. The van der Waals surface area contributed by atoms with Gasteiger partial charge in [0.2, 0.25) is 0 Å². The smallest absolute Gasteiger partial charge is 0.303 e. The van der Waals surface area contributed by atoms with Crippen LogP contribution in [0.1, 0.15) is 40.5 Å². The molecule has 2 rings (SSSR count). The molecule has 0 aliphatic carbocycles. The summed E-state index contributed by atoms with van der Waals surface area (Å²) < 4.78 is 39.4. The first-order chi connectivity index (χ1) is 11.1. The van der Waals surface area contributed by atoms with Crippen LogP contribution in [0.2, 0.25) is 0 Å². The van der Waals surface area contributed by atoms with E-state index in [0.29, 0.717) is 19.1 Å². The minimum atomic E-state index is -4.06. The van der Waals surface area contributed by atoms with Gasteiger partial charge in [-0.15, -0.1) is 0 Å². The summed E-state index contributed by atoms with van der Waals surface area (Å²) in [5.74, 6) is -1.16. The van der Waals surface area contributed by atoms with Gasteiger partial charge in [-0.3, -0.25) is 4.90 Å². The van der Waals surface area contributed by atoms with E-state index in [1.807, 2.05) is 0 Å². The van der Waals surface area contributed by atoms with E-state index < -0.39 is 17.5 Å². The molecule has 142 valence electrons.